The van der Waals surface area contributed by atoms with Crippen molar-refractivity contribution in [1.29, 1.82) is 0 Å². The summed E-state index contributed by atoms with van der Waals surface area (Å²) in [6.45, 7) is 0.148. The lowest BCUT2D eigenvalue weighted by atomic mass is 10.2. The van der Waals surface area contributed by atoms with Gasteiger partial charge in [0.25, 0.3) is 0 Å². The van der Waals surface area contributed by atoms with Crippen LogP contribution in [0.25, 0.3) is 11.4 Å². The van der Waals surface area contributed by atoms with Gasteiger partial charge in [-0.2, -0.15) is 0 Å². The number of carbonyl (C=O) groups is 1. The molecule has 2 heterocycles. The molecule has 1 aliphatic rings. The van der Waals surface area contributed by atoms with Gasteiger partial charge in [0, 0.05) is 24.8 Å². The number of pyridine rings is 1. The van der Waals surface area contributed by atoms with E-state index in [2.05, 4.69) is 31.2 Å². The summed E-state index contributed by atoms with van der Waals surface area (Å²) in [5, 5.41) is 8.09. The van der Waals surface area contributed by atoms with Gasteiger partial charge in [-0.25, -0.2) is 9.67 Å². The molecule has 0 aliphatic heterocycles. The Morgan fingerprint density at radius 2 is 2.27 bits per heavy atom. The molecule has 1 saturated carbocycles. The fraction of sp³-hybridized carbons (Fsp3) is 0.429. The molecule has 7 nitrogen and oxygen atoms in total. The monoisotopic (exact) mass is 365 g/mol. The van der Waals surface area contributed by atoms with Crippen molar-refractivity contribution in [2.24, 2.45) is 0 Å². The van der Waals surface area contributed by atoms with Crippen molar-refractivity contribution in [2.75, 3.05) is 14.1 Å². The summed E-state index contributed by atoms with van der Waals surface area (Å²) < 4.78 is 8.23. The second-order valence-corrected chi connectivity index (χ2v) is 6.32. The van der Waals surface area contributed by atoms with E-state index in [1.165, 1.54) is 9.58 Å². The van der Waals surface area contributed by atoms with Gasteiger partial charge in [-0.1, -0.05) is 5.21 Å². The van der Waals surface area contributed by atoms with E-state index in [1.807, 2.05) is 6.07 Å². The van der Waals surface area contributed by atoms with Crippen molar-refractivity contribution in [3.63, 3.8) is 0 Å². The SMILES string of the molecule is CN(C)C(=O)Cn1cc(-c2ncc(Br)cc2OC2CC2)nn1. The van der Waals surface area contributed by atoms with Crippen LogP contribution in [0.1, 0.15) is 12.8 Å². The van der Waals surface area contributed by atoms with E-state index >= 15 is 0 Å². The number of amides is 1. The number of ether oxygens (including phenoxy) is 1. The number of aromatic nitrogens is 4. The minimum Gasteiger partial charge on any atom is -0.488 e. The predicted octanol–water partition coefficient (Wildman–Crippen LogP) is 1.73. The number of hydrogen-bond acceptors (Lipinski definition) is 5. The van der Waals surface area contributed by atoms with Gasteiger partial charge in [0.1, 0.15) is 23.7 Å². The first-order valence-electron chi connectivity index (χ1n) is 6.96. The van der Waals surface area contributed by atoms with Gasteiger partial charge in [-0.15, -0.1) is 5.10 Å². The minimum atomic E-state index is -0.0466. The molecule has 0 unspecified atom stereocenters. The smallest absolute Gasteiger partial charge is 0.243 e. The van der Waals surface area contributed by atoms with Crippen LogP contribution < -0.4 is 4.74 Å². The van der Waals surface area contributed by atoms with Crippen LogP contribution in [-0.2, 0) is 11.3 Å². The zero-order chi connectivity index (χ0) is 15.7. The molecule has 0 N–H and O–H groups in total. The Bertz CT molecular complexity index is 696. The molecule has 2 aromatic heterocycles. The normalized spacial score (nSPS) is 14.0. The molecule has 1 amide bonds. The van der Waals surface area contributed by atoms with E-state index in [4.69, 9.17) is 4.74 Å². The molecule has 0 spiro atoms. The summed E-state index contributed by atoms with van der Waals surface area (Å²) in [7, 11) is 3.41. The number of nitrogens with zero attached hydrogens (tertiary/aromatic N) is 5. The molecule has 1 fully saturated rings. The number of carbonyl (C=O) groups excluding carboxylic acids is 1. The lowest BCUT2D eigenvalue weighted by Crippen LogP contribution is -2.26. The maximum Gasteiger partial charge on any atom is 0.243 e. The highest BCUT2D eigenvalue weighted by atomic mass is 79.9. The zero-order valence-corrected chi connectivity index (χ0v) is 13.9. The molecule has 0 radical (unpaired) electrons. The average molecular weight is 366 g/mol. The Morgan fingerprint density at radius 1 is 1.50 bits per heavy atom. The van der Waals surface area contributed by atoms with Crippen LogP contribution in [0.4, 0.5) is 0 Å². The summed E-state index contributed by atoms with van der Waals surface area (Å²) in [6.07, 6.45) is 5.79. The van der Waals surface area contributed by atoms with E-state index in [9.17, 15) is 4.79 Å². The first-order valence-corrected chi connectivity index (χ1v) is 7.75. The molecule has 0 atom stereocenters. The van der Waals surface area contributed by atoms with Crippen LogP contribution in [0.3, 0.4) is 0 Å². The number of likely N-dealkylation sites (N-methyl/N-ethyl adjacent to an activating group) is 1. The summed E-state index contributed by atoms with van der Waals surface area (Å²) in [6, 6.07) is 1.88. The second-order valence-electron chi connectivity index (χ2n) is 5.41. The molecule has 116 valence electrons. The molecular formula is C14H16BrN5O2. The molecule has 2 aromatic rings. The summed E-state index contributed by atoms with van der Waals surface area (Å²) in [4.78, 5) is 17.6. The molecule has 1 aliphatic carbocycles. The van der Waals surface area contributed by atoms with Crippen molar-refractivity contribution in [1.82, 2.24) is 24.9 Å². The fourth-order valence-corrected chi connectivity index (χ4v) is 2.14. The maximum absolute atomic E-state index is 11.7. The number of halogens is 1. The Kier molecular flexibility index (Phi) is 4.10. The van der Waals surface area contributed by atoms with Crippen molar-refractivity contribution in [3.8, 4) is 17.1 Å². The Morgan fingerprint density at radius 3 is 2.95 bits per heavy atom. The van der Waals surface area contributed by atoms with E-state index in [-0.39, 0.29) is 18.6 Å². The molecule has 0 aromatic carbocycles. The topological polar surface area (TPSA) is 73.1 Å². The third-order valence-corrected chi connectivity index (χ3v) is 3.65. The second kappa shape index (κ2) is 6.04. The largest absolute Gasteiger partial charge is 0.488 e. The highest BCUT2D eigenvalue weighted by molar-refractivity contribution is 9.10. The van der Waals surface area contributed by atoms with E-state index < -0.39 is 0 Å². The Balaban J connectivity index is 1.84. The first-order chi connectivity index (χ1) is 10.5. The van der Waals surface area contributed by atoms with Crippen molar-refractivity contribution in [3.05, 3.63) is 22.9 Å². The molecule has 0 bridgehead atoms. The van der Waals surface area contributed by atoms with Gasteiger partial charge in [0.05, 0.1) is 12.3 Å². The van der Waals surface area contributed by atoms with Gasteiger partial charge in [0.15, 0.2) is 0 Å². The van der Waals surface area contributed by atoms with Crippen LogP contribution in [-0.4, -0.2) is 51.0 Å². The van der Waals surface area contributed by atoms with Gasteiger partial charge in [-0.3, -0.25) is 4.79 Å². The lowest BCUT2D eigenvalue weighted by molar-refractivity contribution is -0.129. The summed E-state index contributed by atoms with van der Waals surface area (Å²) in [5.41, 5.74) is 1.23. The molecule has 3 rings (SSSR count). The van der Waals surface area contributed by atoms with Gasteiger partial charge >= 0.3 is 0 Å². The zero-order valence-electron chi connectivity index (χ0n) is 12.4. The van der Waals surface area contributed by atoms with Crippen LogP contribution in [0.5, 0.6) is 5.75 Å². The first kappa shape index (κ1) is 15.0. The third-order valence-electron chi connectivity index (χ3n) is 3.21. The highest BCUT2D eigenvalue weighted by Gasteiger charge is 2.26. The van der Waals surface area contributed by atoms with Crippen molar-refractivity contribution < 1.29 is 9.53 Å². The molecule has 0 saturated heterocycles. The highest BCUT2D eigenvalue weighted by Crippen LogP contribution is 2.34. The fourth-order valence-electron chi connectivity index (χ4n) is 1.83. The van der Waals surface area contributed by atoms with Crippen LogP contribution in [0, 0.1) is 0 Å². The van der Waals surface area contributed by atoms with Crippen LogP contribution >= 0.6 is 15.9 Å². The number of rotatable bonds is 5. The lowest BCUT2D eigenvalue weighted by Gasteiger charge is -2.09. The van der Waals surface area contributed by atoms with Crippen LogP contribution in [0.2, 0.25) is 0 Å². The third kappa shape index (κ3) is 3.44. The van der Waals surface area contributed by atoms with Gasteiger partial charge < -0.3 is 9.64 Å². The van der Waals surface area contributed by atoms with E-state index in [0.29, 0.717) is 17.1 Å². The Hall–Kier alpha value is -1.96. The van der Waals surface area contributed by atoms with Crippen molar-refractivity contribution >= 4 is 21.8 Å². The van der Waals surface area contributed by atoms with Crippen molar-refractivity contribution in [2.45, 2.75) is 25.5 Å². The molecule has 22 heavy (non-hydrogen) atoms. The quantitative estimate of drug-likeness (QED) is 0.806. The Labute approximate surface area is 136 Å². The predicted molar refractivity (Wildman–Crippen MR) is 83.3 cm³/mol. The standard InChI is InChI=1S/C14H16BrN5O2/c1-19(2)13(21)8-20-7-11(17-18-20)14-12(22-10-3-4-10)5-9(15)6-16-14/h5-7,10H,3-4,8H2,1-2H3. The molecule has 8 heteroatoms. The summed E-state index contributed by atoms with van der Waals surface area (Å²) >= 11 is 3.40. The van der Waals surface area contributed by atoms with E-state index in [0.717, 1.165) is 17.3 Å². The van der Waals surface area contributed by atoms with Crippen LogP contribution in [0.15, 0.2) is 22.9 Å². The summed E-state index contributed by atoms with van der Waals surface area (Å²) in [5.74, 6) is 0.637. The van der Waals surface area contributed by atoms with Gasteiger partial charge in [-0.05, 0) is 34.8 Å². The minimum absolute atomic E-state index is 0.0466. The van der Waals surface area contributed by atoms with Gasteiger partial charge in [0.2, 0.25) is 5.91 Å². The van der Waals surface area contributed by atoms with E-state index in [1.54, 1.807) is 26.5 Å². The number of hydrogen-bond donors (Lipinski definition) is 0. The maximum atomic E-state index is 11.7. The molecular weight excluding hydrogens is 350 g/mol. The average Bonchev–Trinajstić information content (AvgIpc) is 3.16.